The number of hydrogen-bond donors (Lipinski definition) is 6. The van der Waals surface area contributed by atoms with Crippen LogP contribution in [0.3, 0.4) is 0 Å². The fourth-order valence-electron chi connectivity index (χ4n) is 3.16. The standard InChI is InChI=1S/C18H31N5O6S/c1-9(2)14(18(28)29)22-16(26)12-4-3-7-23(12)17(27)11(8-30)21-15(25)10(19)5-6-13(20)24/h9-12,14,30H,3-8,19H2,1-2H3,(H2,20,24)(H,21,25)(H,22,26)(H,28,29). The van der Waals surface area contributed by atoms with Crippen molar-refractivity contribution in [2.75, 3.05) is 12.3 Å². The number of hydrogen-bond acceptors (Lipinski definition) is 7. The molecule has 11 nitrogen and oxygen atoms in total. The molecule has 1 aliphatic heterocycles. The van der Waals surface area contributed by atoms with Gasteiger partial charge in [0.15, 0.2) is 0 Å². The first kappa shape index (κ1) is 25.7. The first-order valence-electron chi connectivity index (χ1n) is 9.78. The highest BCUT2D eigenvalue weighted by molar-refractivity contribution is 7.80. The van der Waals surface area contributed by atoms with Crippen LogP contribution in [-0.2, 0) is 24.0 Å². The maximum absolute atomic E-state index is 12.9. The lowest BCUT2D eigenvalue weighted by Gasteiger charge is -2.29. The minimum Gasteiger partial charge on any atom is -0.480 e. The summed E-state index contributed by atoms with van der Waals surface area (Å²) in [4.78, 5) is 61.3. The number of thiol groups is 1. The highest BCUT2D eigenvalue weighted by Crippen LogP contribution is 2.19. The molecule has 1 rings (SSSR count). The maximum atomic E-state index is 12.9. The molecule has 0 aromatic heterocycles. The zero-order chi connectivity index (χ0) is 23.0. The summed E-state index contributed by atoms with van der Waals surface area (Å²) < 4.78 is 0. The monoisotopic (exact) mass is 445 g/mol. The summed E-state index contributed by atoms with van der Waals surface area (Å²) in [6.45, 7) is 3.64. The Balaban J connectivity index is 2.80. The van der Waals surface area contributed by atoms with Crippen LogP contribution in [0.4, 0.5) is 0 Å². The zero-order valence-corrected chi connectivity index (χ0v) is 18.1. The lowest BCUT2D eigenvalue weighted by Crippen LogP contribution is -2.57. The highest BCUT2D eigenvalue weighted by atomic mass is 32.1. The predicted molar refractivity (Wildman–Crippen MR) is 111 cm³/mol. The van der Waals surface area contributed by atoms with Crippen molar-refractivity contribution in [2.45, 2.75) is 63.7 Å². The van der Waals surface area contributed by atoms with Gasteiger partial charge in [0.25, 0.3) is 0 Å². The second kappa shape index (κ2) is 11.7. The van der Waals surface area contributed by atoms with E-state index < -0.39 is 53.8 Å². The van der Waals surface area contributed by atoms with Crippen molar-refractivity contribution >= 4 is 42.2 Å². The molecule has 0 spiro atoms. The van der Waals surface area contributed by atoms with Crippen LogP contribution in [0.5, 0.6) is 0 Å². The number of aliphatic carboxylic acids is 1. The van der Waals surface area contributed by atoms with Crippen molar-refractivity contribution in [1.82, 2.24) is 15.5 Å². The van der Waals surface area contributed by atoms with E-state index in [1.165, 1.54) is 4.90 Å². The third-order valence-electron chi connectivity index (χ3n) is 4.90. The van der Waals surface area contributed by atoms with Gasteiger partial charge in [-0.3, -0.25) is 19.2 Å². The maximum Gasteiger partial charge on any atom is 0.326 e. The normalized spacial score (nSPS) is 19.1. The lowest BCUT2D eigenvalue weighted by molar-refractivity contribution is -0.145. The van der Waals surface area contributed by atoms with E-state index in [1.807, 2.05) is 0 Å². The minimum absolute atomic E-state index is 0.0261. The number of likely N-dealkylation sites (tertiary alicyclic amines) is 1. The largest absolute Gasteiger partial charge is 0.480 e. The van der Waals surface area contributed by atoms with E-state index in [0.29, 0.717) is 19.4 Å². The number of carboxylic acid groups (broad SMARTS) is 1. The van der Waals surface area contributed by atoms with Crippen molar-refractivity contribution in [3.05, 3.63) is 0 Å². The van der Waals surface area contributed by atoms with Gasteiger partial charge in [-0.25, -0.2) is 4.79 Å². The molecule has 1 saturated heterocycles. The molecule has 0 bridgehead atoms. The summed E-state index contributed by atoms with van der Waals surface area (Å²) in [6.07, 6.45) is 0.917. The van der Waals surface area contributed by atoms with E-state index in [-0.39, 0.29) is 24.5 Å². The molecular formula is C18H31N5O6S. The van der Waals surface area contributed by atoms with Gasteiger partial charge in [-0.1, -0.05) is 13.8 Å². The number of nitrogens with zero attached hydrogens (tertiary/aromatic N) is 1. The van der Waals surface area contributed by atoms with Crippen LogP contribution in [0, 0.1) is 5.92 Å². The topological polar surface area (TPSA) is 185 Å². The van der Waals surface area contributed by atoms with Crippen LogP contribution < -0.4 is 22.1 Å². The average Bonchev–Trinajstić information content (AvgIpc) is 3.16. The Kier molecular flexibility index (Phi) is 10.1. The van der Waals surface area contributed by atoms with Crippen molar-refractivity contribution in [2.24, 2.45) is 17.4 Å². The molecule has 0 aromatic carbocycles. The Morgan fingerprint density at radius 1 is 1.20 bits per heavy atom. The van der Waals surface area contributed by atoms with Crippen LogP contribution >= 0.6 is 12.6 Å². The molecule has 1 aliphatic rings. The third-order valence-corrected chi connectivity index (χ3v) is 5.27. The summed E-state index contributed by atoms with van der Waals surface area (Å²) in [6, 6.07) is -3.94. The van der Waals surface area contributed by atoms with E-state index >= 15 is 0 Å². The van der Waals surface area contributed by atoms with Crippen LogP contribution in [0.1, 0.15) is 39.5 Å². The Morgan fingerprint density at radius 2 is 1.83 bits per heavy atom. The van der Waals surface area contributed by atoms with Gasteiger partial charge in [0.1, 0.15) is 18.1 Å². The van der Waals surface area contributed by atoms with Gasteiger partial charge in [-0.2, -0.15) is 12.6 Å². The summed E-state index contributed by atoms with van der Waals surface area (Å²) in [5.41, 5.74) is 10.8. The second-order valence-electron chi connectivity index (χ2n) is 7.61. The van der Waals surface area contributed by atoms with E-state index in [0.717, 1.165) is 0 Å². The molecule has 0 saturated carbocycles. The Hall–Kier alpha value is -2.34. The van der Waals surface area contributed by atoms with Gasteiger partial charge in [0.05, 0.1) is 6.04 Å². The quantitative estimate of drug-likeness (QED) is 0.203. The van der Waals surface area contributed by atoms with Crippen LogP contribution in [0.2, 0.25) is 0 Å². The molecule has 0 radical (unpaired) electrons. The Labute approximate surface area is 180 Å². The number of carboxylic acids is 1. The van der Waals surface area contributed by atoms with Crippen molar-refractivity contribution in [3.8, 4) is 0 Å². The number of nitrogens with one attached hydrogen (secondary N) is 2. The summed E-state index contributed by atoms with van der Waals surface area (Å²) in [5.74, 6) is -3.79. The van der Waals surface area contributed by atoms with Gasteiger partial charge in [0, 0.05) is 18.7 Å². The first-order chi connectivity index (χ1) is 14.0. The smallest absolute Gasteiger partial charge is 0.326 e. The lowest BCUT2D eigenvalue weighted by atomic mass is 10.0. The first-order valence-corrected chi connectivity index (χ1v) is 10.4. The Bertz CT molecular complexity index is 673. The third kappa shape index (κ3) is 7.17. The van der Waals surface area contributed by atoms with E-state index in [2.05, 4.69) is 23.3 Å². The second-order valence-corrected chi connectivity index (χ2v) is 7.98. The molecule has 1 heterocycles. The van der Waals surface area contributed by atoms with Crippen LogP contribution in [-0.4, -0.2) is 76.1 Å². The minimum atomic E-state index is -1.15. The predicted octanol–water partition coefficient (Wildman–Crippen LogP) is -1.79. The van der Waals surface area contributed by atoms with Gasteiger partial charge in [-0.15, -0.1) is 0 Å². The molecule has 1 fully saturated rings. The molecule has 4 unspecified atom stereocenters. The van der Waals surface area contributed by atoms with Crippen molar-refractivity contribution < 1.29 is 29.1 Å². The average molecular weight is 446 g/mol. The molecule has 0 aliphatic carbocycles. The van der Waals surface area contributed by atoms with Gasteiger partial charge < -0.3 is 32.1 Å². The summed E-state index contributed by atoms with van der Waals surface area (Å²) in [7, 11) is 0. The summed E-state index contributed by atoms with van der Waals surface area (Å²) >= 11 is 4.11. The van der Waals surface area contributed by atoms with Gasteiger partial charge in [0.2, 0.25) is 23.6 Å². The zero-order valence-electron chi connectivity index (χ0n) is 17.2. The van der Waals surface area contributed by atoms with E-state index in [9.17, 15) is 29.1 Å². The van der Waals surface area contributed by atoms with Crippen molar-refractivity contribution in [3.63, 3.8) is 0 Å². The number of nitrogens with two attached hydrogens (primary N) is 2. The highest BCUT2D eigenvalue weighted by Gasteiger charge is 2.39. The molecule has 30 heavy (non-hydrogen) atoms. The van der Waals surface area contributed by atoms with Crippen LogP contribution in [0.15, 0.2) is 0 Å². The number of amides is 4. The fourth-order valence-corrected chi connectivity index (χ4v) is 3.41. The van der Waals surface area contributed by atoms with Gasteiger partial charge in [-0.05, 0) is 25.2 Å². The number of carbonyl (C=O) groups excluding carboxylic acids is 4. The fraction of sp³-hybridized carbons (Fsp3) is 0.722. The number of primary amides is 1. The Morgan fingerprint density at radius 3 is 2.33 bits per heavy atom. The molecule has 12 heteroatoms. The number of carbonyl (C=O) groups is 5. The van der Waals surface area contributed by atoms with Crippen molar-refractivity contribution in [1.29, 1.82) is 0 Å². The SMILES string of the molecule is CC(C)C(NC(=O)C1CCCN1C(=O)C(CS)NC(=O)C(N)CCC(N)=O)C(=O)O. The molecule has 170 valence electrons. The van der Waals surface area contributed by atoms with Gasteiger partial charge >= 0.3 is 5.97 Å². The summed E-state index contributed by atoms with van der Waals surface area (Å²) in [5, 5.41) is 14.2. The van der Waals surface area contributed by atoms with E-state index in [1.54, 1.807) is 13.8 Å². The molecule has 7 N–H and O–H groups in total. The molecule has 0 aromatic rings. The van der Waals surface area contributed by atoms with E-state index in [4.69, 9.17) is 11.5 Å². The van der Waals surface area contributed by atoms with Crippen LogP contribution in [0.25, 0.3) is 0 Å². The molecule has 4 amide bonds. The molecular weight excluding hydrogens is 414 g/mol. The number of rotatable bonds is 11. The molecule has 4 atom stereocenters.